The zero-order valence-corrected chi connectivity index (χ0v) is 38.8. The summed E-state index contributed by atoms with van der Waals surface area (Å²) in [6.45, 7) is 0. The van der Waals surface area contributed by atoms with Crippen LogP contribution in [0.25, 0.3) is 21.5 Å². The molecule has 0 aliphatic carbocycles. The molecule has 0 spiro atoms. The Balaban J connectivity index is 0.00000338. The summed E-state index contributed by atoms with van der Waals surface area (Å²) in [5.41, 5.74) is 3.20. The van der Waals surface area contributed by atoms with Gasteiger partial charge >= 0.3 is 118 Å². The first kappa shape index (κ1) is 49.4. The number of anilines is 3. The molecule has 0 atom stereocenters. The van der Waals surface area contributed by atoms with E-state index in [0.717, 1.165) is 24.3 Å². The molecule has 0 radical (unpaired) electrons. The molecular weight excluding hydrogens is 838 g/mol. The standard InChI is InChI=1S/C23H16ClN7O13S4.4Na/c24-21-27-22(25)29-23(28-21)26-14-8-11(45(33,34)35)4-9-5-17(48(42,43)44)19(20(32)18(9)14)31-30-10-6-13-12(16(7-10)47(39,40)41)2-1-3-15(13)46(36,37)38;;;;/h1-8,32H,(H,33,34,35)(H,36,37,38)(H,39,40,41)(H,42,43,44)(H3,25,26,27,28,29);;;;/q;4*+1/p-4. The number of nitrogen functional groups attached to an aromatic ring is 1. The number of aromatic nitrogens is 3. The molecule has 0 saturated heterocycles. The van der Waals surface area contributed by atoms with Crippen LogP contribution in [0.5, 0.6) is 5.75 Å². The van der Waals surface area contributed by atoms with Crippen molar-refractivity contribution in [2.24, 2.45) is 10.2 Å². The quantitative estimate of drug-likeness (QED) is 0.0741. The van der Waals surface area contributed by atoms with Gasteiger partial charge in [0.1, 0.15) is 46.2 Å². The van der Waals surface area contributed by atoms with Gasteiger partial charge in [-0.3, -0.25) is 0 Å². The Hall–Kier alpha value is -0.660. The molecule has 0 saturated carbocycles. The molecule has 20 nitrogen and oxygen atoms in total. The molecule has 0 aliphatic heterocycles. The average Bonchev–Trinajstić information content (AvgIpc) is 2.93. The van der Waals surface area contributed by atoms with Gasteiger partial charge < -0.3 is 34.4 Å². The predicted molar refractivity (Wildman–Crippen MR) is 158 cm³/mol. The van der Waals surface area contributed by atoms with Crippen molar-refractivity contribution in [3.63, 3.8) is 0 Å². The van der Waals surface area contributed by atoms with E-state index in [9.17, 15) is 57.0 Å². The fourth-order valence-electron chi connectivity index (χ4n) is 4.43. The Kier molecular flexibility index (Phi) is 17.2. The summed E-state index contributed by atoms with van der Waals surface area (Å²) >= 11 is 5.76. The smallest absolute Gasteiger partial charge is 0.744 e. The third-order valence-corrected chi connectivity index (χ3v) is 9.86. The van der Waals surface area contributed by atoms with Gasteiger partial charge in [-0.15, -0.1) is 5.11 Å². The van der Waals surface area contributed by atoms with Crippen molar-refractivity contribution < 1.29 is 175 Å². The van der Waals surface area contributed by atoms with Gasteiger partial charge in [-0.2, -0.15) is 20.1 Å². The van der Waals surface area contributed by atoms with E-state index in [-0.39, 0.29) is 118 Å². The minimum atomic E-state index is -5.62. The zero-order valence-electron chi connectivity index (χ0n) is 26.8. The van der Waals surface area contributed by atoms with E-state index in [1.54, 1.807) is 0 Å². The average molecular weight is 850 g/mol. The van der Waals surface area contributed by atoms with Crippen LogP contribution in [-0.4, -0.2) is 71.9 Å². The second kappa shape index (κ2) is 18.1. The van der Waals surface area contributed by atoms with Crippen LogP contribution in [0.15, 0.2) is 78.3 Å². The van der Waals surface area contributed by atoms with Gasteiger partial charge in [0.15, 0.2) is 5.75 Å². The molecule has 0 aliphatic rings. The second-order valence-corrected chi connectivity index (χ2v) is 15.1. The van der Waals surface area contributed by atoms with Crippen LogP contribution in [-0.2, 0) is 40.5 Å². The number of phenolic OH excluding ortho intramolecular Hbond substituents is 1. The summed E-state index contributed by atoms with van der Waals surface area (Å²) in [5, 5.41) is 18.2. The Morgan fingerprint density at radius 1 is 0.692 bits per heavy atom. The van der Waals surface area contributed by atoms with Crippen molar-refractivity contribution in [1.82, 2.24) is 15.0 Å². The van der Waals surface area contributed by atoms with Crippen molar-refractivity contribution in [2.75, 3.05) is 11.1 Å². The molecule has 1 heterocycles. The molecule has 252 valence electrons. The first-order valence-electron chi connectivity index (χ1n) is 12.1. The molecule has 0 fully saturated rings. The third kappa shape index (κ3) is 11.0. The van der Waals surface area contributed by atoms with Crippen LogP contribution in [0, 0.1) is 0 Å². The van der Waals surface area contributed by atoms with Crippen molar-refractivity contribution >= 4 is 103 Å². The third-order valence-electron chi connectivity index (χ3n) is 6.26. The molecule has 4 aromatic carbocycles. The van der Waals surface area contributed by atoms with Crippen LogP contribution < -0.4 is 129 Å². The normalized spacial score (nSPS) is 12.0. The number of benzene rings is 4. The van der Waals surface area contributed by atoms with E-state index in [4.69, 9.17) is 17.3 Å². The number of nitrogens with zero attached hydrogens (tertiary/aromatic N) is 5. The maximum atomic E-state index is 12.3. The van der Waals surface area contributed by atoms with Gasteiger partial charge in [0, 0.05) is 16.2 Å². The summed E-state index contributed by atoms with van der Waals surface area (Å²) in [6, 6.07) is 6.03. The van der Waals surface area contributed by atoms with E-state index in [2.05, 4.69) is 30.5 Å². The number of azo groups is 1. The molecular formula is C23H12ClN7Na4O13S4. The minimum absolute atomic E-state index is 0. The van der Waals surface area contributed by atoms with Crippen molar-refractivity contribution in [2.45, 2.75) is 19.6 Å². The van der Waals surface area contributed by atoms with Crippen LogP contribution in [0.3, 0.4) is 0 Å². The minimum Gasteiger partial charge on any atom is -0.744 e. The van der Waals surface area contributed by atoms with Crippen molar-refractivity contribution in [3.05, 3.63) is 53.8 Å². The molecule has 5 aromatic rings. The zero-order chi connectivity index (χ0) is 35.6. The first-order chi connectivity index (χ1) is 22.0. The number of fused-ring (bicyclic) bond motifs is 2. The van der Waals surface area contributed by atoms with Gasteiger partial charge in [-0.05, 0) is 53.4 Å². The number of halogens is 1. The topological polar surface area (TPSA) is 350 Å². The molecule has 4 N–H and O–H groups in total. The Bertz CT molecular complexity index is 2690. The number of aromatic hydroxyl groups is 1. The Labute approximate surface area is 387 Å². The van der Waals surface area contributed by atoms with Gasteiger partial charge in [0.05, 0.1) is 31.0 Å². The summed E-state index contributed by atoms with van der Waals surface area (Å²) < 4.78 is 144. The molecule has 0 unspecified atom stereocenters. The number of hydrogen-bond acceptors (Lipinski definition) is 20. The summed E-state index contributed by atoms with van der Waals surface area (Å²) in [5.74, 6) is -2.10. The number of phenols is 1. The van der Waals surface area contributed by atoms with Crippen molar-refractivity contribution in [1.29, 1.82) is 0 Å². The second-order valence-electron chi connectivity index (χ2n) is 9.36. The van der Waals surface area contributed by atoms with E-state index in [1.807, 2.05) is 0 Å². The van der Waals surface area contributed by atoms with Crippen LogP contribution >= 0.6 is 11.6 Å². The SMILES string of the molecule is Nc1nc(Cl)nc(Nc2cc(S(=O)(=O)[O-])cc3cc(S(=O)(=O)[O-])c(N=Nc4cc(S(=O)(=O)[O-])c5cccc(S(=O)(=O)[O-])c5c4)c(O)c23)n1.[Na+].[Na+].[Na+].[Na+]. The van der Waals surface area contributed by atoms with Crippen LogP contribution in [0.2, 0.25) is 5.28 Å². The summed E-state index contributed by atoms with van der Waals surface area (Å²) in [7, 11) is -21.5. The van der Waals surface area contributed by atoms with Crippen LogP contribution in [0.1, 0.15) is 0 Å². The van der Waals surface area contributed by atoms with Gasteiger partial charge in [0.2, 0.25) is 17.2 Å². The molecule has 5 rings (SSSR count). The first-order valence-corrected chi connectivity index (χ1v) is 18.1. The van der Waals surface area contributed by atoms with Crippen LogP contribution in [0.4, 0.5) is 29.0 Å². The maximum absolute atomic E-state index is 12.3. The Morgan fingerprint density at radius 2 is 1.29 bits per heavy atom. The Morgan fingerprint density at radius 3 is 1.83 bits per heavy atom. The number of nitrogens with two attached hydrogens (primary N) is 1. The van der Waals surface area contributed by atoms with Gasteiger partial charge in [0.25, 0.3) is 0 Å². The fourth-order valence-corrected chi connectivity index (χ4v) is 7.17. The predicted octanol–water partition coefficient (Wildman–Crippen LogP) is -10.1. The molecule has 0 bridgehead atoms. The molecule has 1 aromatic heterocycles. The molecule has 29 heteroatoms. The molecule has 52 heavy (non-hydrogen) atoms. The van der Waals surface area contributed by atoms with E-state index >= 15 is 0 Å². The van der Waals surface area contributed by atoms with Gasteiger partial charge in [-0.1, -0.05) is 12.1 Å². The fraction of sp³-hybridized carbons (Fsp3) is 0. The number of rotatable bonds is 8. The molecule has 0 amide bonds. The van der Waals surface area contributed by atoms with E-state index < -0.39 is 122 Å². The van der Waals surface area contributed by atoms with E-state index in [0.29, 0.717) is 24.3 Å². The maximum Gasteiger partial charge on any atom is 1.00 e. The monoisotopic (exact) mass is 849 g/mol. The van der Waals surface area contributed by atoms with E-state index in [1.165, 1.54) is 0 Å². The largest absolute Gasteiger partial charge is 1.00 e. The summed E-state index contributed by atoms with van der Waals surface area (Å²) in [6.07, 6.45) is 0. The van der Waals surface area contributed by atoms with Crippen molar-refractivity contribution in [3.8, 4) is 5.75 Å². The number of hydrogen-bond donors (Lipinski definition) is 3. The summed E-state index contributed by atoms with van der Waals surface area (Å²) in [4.78, 5) is 6.60. The number of nitrogens with one attached hydrogen (secondary N) is 1. The van der Waals surface area contributed by atoms with Gasteiger partial charge in [-0.25, -0.2) is 33.7 Å².